The summed E-state index contributed by atoms with van der Waals surface area (Å²) in [5.41, 5.74) is 0. The molecule has 0 aromatic carbocycles. The molecule has 0 radical (unpaired) electrons. The lowest BCUT2D eigenvalue weighted by Gasteiger charge is -2.40. The van der Waals surface area contributed by atoms with Gasteiger partial charge in [-0.15, -0.1) is 0 Å². The van der Waals surface area contributed by atoms with E-state index < -0.39 is 0 Å². The molecule has 34 heavy (non-hydrogen) atoms. The summed E-state index contributed by atoms with van der Waals surface area (Å²) >= 11 is 0. The average molecular weight is 474 g/mol. The lowest BCUT2D eigenvalue weighted by atomic mass is 10.2. The third-order valence-corrected chi connectivity index (χ3v) is 8.07. The smallest absolute Gasteiger partial charge is 0.232 e. The van der Waals surface area contributed by atoms with Crippen LogP contribution in [0, 0.1) is 0 Å². The number of aromatic nitrogens is 3. The maximum Gasteiger partial charge on any atom is 0.232 e. The van der Waals surface area contributed by atoms with Gasteiger partial charge in [0.2, 0.25) is 17.8 Å². The normalized spacial score (nSPS) is 22.8. The van der Waals surface area contributed by atoms with Crippen LogP contribution in [-0.2, 0) is 0 Å². The first-order valence-corrected chi connectivity index (χ1v) is 13.6. The molecule has 0 amide bonds. The summed E-state index contributed by atoms with van der Waals surface area (Å²) < 4.78 is 0. The average Bonchev–Trinajstić information content (AvgIpc) is 2.88. The Hall–Kier alpha value is -1.71. The van der Waals surface area contributed by atoms with E-state index in [9.17, 15) is 0 Å². The van der Waals surface area contributed by atoms with E-state index in [2.05, 4.69) is 70.9 Å². The highest BCUT2D eigenvalue weighted by molar-refractivity contribution is 5.47. The van der Waals surface area contributed by atoms with Crippen molar-refractivity contribution >= 4 is 17.8 Å². The molecule has 4 heterocycles. The summed E-state index contributed by atoms with van der Waals surface area (Å²) in [5.74, 6) is 2.58. The van der Waals surface area contributed by atoms with Crippen molar-refractivity contribution in [2.75, 3.05) is 93.2 Å². The minimum Gasteiger partial charge on any atom is -0.338 e. The number of nitrogens with zero attached hydrogens (tertiary/aromatic N) is 9. The van der Waals surface area contributed by atoms with E-state index in [1.807, 2.05) is 0 Å². The highest BCUT2D eigenvalue weighted by Gasteiger charge is 2.28. The molecule has 3 aliphatic heterocycles. The molecule has 9 nitrogen and oxygen atoms in total. The van der Waals surface area contributed by atoms with Gasteiger partial charge in [-0.25, -0.2) is 0 Å². The van der Waals surface area contributed by atoms with Crippen LogP contribution in [0.15, 0.2) is 0 Å². The first-order chi connectivity index (χ1) is 16.4. The van der Waals surface area contributed by atoms with Gasteiger partial charge >= 0.3 is 0 Å². The number of hydrogen-bond donors (Lipinski definition) is 0. The van der Waals surface area contributed by atoms with Crippen molar-refractivity contribution in [3.8, 4) is 0 Å². The molecule has 1 aromatic heterocycles. The Bertz CT molecular complexity index is 715. The molecule has 3 saturated heterocycles. The quantitative estimate of drug-likeness (QED) is 0.590. The maximum absolute atomic E-state index is 5.03. The Kier molecular flexibility index (Phi) is 8.47. The maximum atomic E-state index is 5.03. The standard InChI is InChI=1S/C25H47N9/c1-7-22(6)31-12-18-34(19-13-31)25-27-23(32-14-8-29(9-15-32)20(2)3)26-24(28-25)33-16-10-30(11-17-33)21(4)5/h20-22H,7-19H2,1-6H3. The molecule has 9 heteroatoms. The van der Waals surface area contributed by atoms with Gasteiger partial charge in [-0.3, -0.25) is 14.7 Å². The number of piperazine rings is 3. The molecule has 3 aliphatic rings. The Labute approximate surface area is 207 Å². The Morgan fingerprint density at radius 2 is 0.794 bits per heavy atom. The number of rotatable bonds is 7. The van der Waals surface area contributed by atoms with Crippen LogP contribution in [0.25, 0.3) is 0 Å². The van der Waals surface area contributed by atoms with Gasteiger partial charge < -0.3 is 14.7 Å². The van der Waals surface area contributed by atoms with Crippen LogP contribution in [0.3, 0.4) is 0 Å². The van der Waals surface area contributed by atoms with Gasteiger partial charge in [-0.2, -0.15) is 15.0 Å². The molecule has 1 aromatic rings. The van der Waals surface area contributed by atoms with E-state index in [1.54, 1.807) is 0 Å². The van der Waals surface area contributed by atoms with Gasteiger partial charge in [0.25, 0.3) is 0 Å². The van der Waals surface area contributed by atoms with E-state index >= 15 is 0 Å². The van der Waals surface area contributed by atoms with Crippen LogP contribution < -0.4 is 14.7 Å². The summed E-state index contributed by atoms with van der Waals surface area (Å²) in [6.07, 6.45) is 1.20. The van der Waals surface area contributed by atoms with E-state index in [-0.39, 0.29) is 0 Å². The van der Waals surface area contributed by atoms with Crippen molar-refractivity contribution in [1.82, 2.24) is 29.7 Å². The van der Waals surface area contributed by atoms with Crippen LogP contribution in [0.4, 0.5) is 17.8 Å². The molecule has 0 N–H and O–H groups in total. The van der Waals surface area contributed by atoms with E-state index in [0.717, 1.165) is 96.4 Å². The van der Waals surface area contributed by atoms with Crippen molar-refractivity contribution in [2.24, 2.45) is 0 Å². The second kappa shape index (κ2) is 11.4. The fourth-order valence-electron chi connectivity index (χ4n) is 5.27. The van der Waals surface area contributed by atoms with Gasteiger partial charge in [-0.05, 0) is 41.0 Å². The van der Waals surface area contributed by atoms with Crippen molar-refractivity contribution < 1.29 is 0 Å². The van der Waals surface area contributed by atoms with Crippen LogP contribution in [0.5, 0.6) is 0 Å². The number of anilines is 3. The third kappa shape index (κ3) is 5.91. The lowest BCUT2D eigenvalue weighted by Crippen LogP contribution is -2.51. The Morgan fingerprint density at radius 1 is 0.500 bits per heavy atom. The minimum absolute atomic E-state index is 0.589. The van der Waals surface area contributed by atoms with E-state index in [4.69, 9.17) is 15.0 Å². The predicted octanol–water partition coefficient (Wildman–Crippen LogP) is 1.85. The summed E-state index contributed by atoms with van der Waals surface area (Å²) in [5, 5.41) is 0. The topological polar surface area (TPSA) is 58.1 Å². The molecule has 0 spiro atoms. The zero-order chi connectivity index (χ0) is 24.2. The van der Waals surface area contributed by atoms with Crippen LogP contribution in [0.1, 0.15) is 48.0 Å². The van der Waals surface area contributed by atoms with Crippen LogP contribution >= 0.6 is 0 Å². The Balaban J connectivity index is 1.52. The second-order valence-corrected chi connectivity index (χ2v) is 10.7. The van der Waals surface area contributed by atoms with Gasteiger partial charge in [0, 0.05) is 96.7 Å². The fourth-order valence-corrected chi connectivity index (χ4v) is 5.27. The summed E-state index contributed by atoms with van der Waals surface area (Å²) in [6.45, 7) is 26.0. The largest absolute Gasteiger partial charge is 0.338 e. The monoisotopic (exact) mass is 473 g/mol. The first kappa shape index (κ1) is 25.4. The van der Waals surface area contributed by atoms with Gasteiger partial charge in [-0.1, -0.05) is 6.92 Å². The minimum atomic E-state index is 0.589. The predicted molar refractivity (Wildman–Crippen MR) is 141 cm³/mol. The van der Waals surface area contributed by atoms with Gasteiger partial charge in [0.15, 0.2) is 0 Å². The molecule has 1 unspecified atom stereocenters. The van der Waals surface area contributed by atoms with Crippen molar-refractivity contribution in [1.29, 1.82) is 0 Å². The SMILES string of the molecule is CCC(C)N1CCN(c2nc(N3CCN(C(C)C)CC3)nc(N3CCN(C(C)C)CC3)n2)CC1. The highest BCUT2D eigenvalue weighted by Crippen LogP contribution is 2.23. The summed E-state index contributed by atoms with van der Waals surface area (Å²) in [7, 11) is 0. The molecular weight excluding hydrogens is 426 g/mol. The van der Waals surface area contributed by atoms with Crippen molar-refractivity contribution in [3.05, 3.63) is 0 Å². The van der Waals surface area contributed by atoms with Crippen LogP contribution in [-0.4, -0.2) is 126 Å². The first-order valence-electron chi connectivity index (χ1n) is 13.6. The fraction of sp³-hybridized carbons (Fsp3) is 0.880. The Morgan fingerprint density at radius 3 is 1.06 bits per heavy atom. The van der Waals surface area contributed by atoms with Crippen molar-refractivity contribution in [3.63, 3.8) is 0 Å². The molecular formula is C25H47N9. The molecule has 3 fully saturated rings. The molecule has 0 aliphatic carbocycles. The summed E-state index contributed by atoms with van der Waals surface area (Å²) in [6, 6.07) is 1.82. The van der Waals surface area contributed by atoms with Crippen LogP contribution in [0.2, 0.25) is 0 Å². The van der Waals surface area contributed by atoms with E-state index in [0.29, 0.717) is 18.1 Å². The number of hydrogen-bond acceptors (Lipinski definition) is 9. The van der Waals surface area contributed by atoms with E-state index in [1.165, 1.54) is 6.42 Å². The van der Waals surface area contributed by atoms with Gasteiger partial charge in [0.1, 0.15) is 0 Å². The third-order valence-electron chi connectivity index (χ3n) is 8.07. The summed E-state index contributed by atoms with van der Waals surface area (Å²) in [4.78, 5) is 29.9. The zero-order valence-corrected chi connectivity index (χ0v) is 22.4. The molecule has 0 bridgehead atoms. The second-order valence-electron chi connectivity index (χ2n) is 10.7. The molecule has 4 rings (SSSR count). The zero-order valence-electron chi connectivity index (χ0n) is 22.4. The molecule has 192 valence electrons. The molecule has 0 saturated carbocycles. The van der Waals surface area contributed by atoms with Gasteiger partial charge in [0.05, 0.1) is 0 Å². The highest BCUT2D eigenvalue weighted by atomic mass is 15.4. The lowest BCUT2D eigenvalue weighted by molar-refractivity contribution is 0.192. The molecule has 1 atom stereocenters. The van der Waals surface area contributed by atoms with Crippen molar-refractivity contribution in [2.45, 2.75) is 66.1 Å².